The Morgan fingerprint density at radius 2 is 2.28 bits per heavy atom. The van der Waals surface area contributed by atoms with Gasteiger partial charge in [-0.3, -0.25) is 9.48 Å². The Kier molecular flexibility index (Phi) is 3.87. The predicted molar refractivity (Wildman–Crippen MR) is 93.6 cm³/mol. The molecule has 3 aromatic rings. The van der Waals surface area contributed by atoms with Gasteiger partial charge in [0.2, 0.25) is 0 Å². The number of rotatable bonds is 3. The molecule has 1 aliphatic heterocycles. The first-order valence-corrected chi connectivity index (χ1v) is 8.45. The van der Waals surface area contributed by atoms with Gasteiger partial charge in [0.15, 0.2) is 5.82 Å². The minimum atomic E-state index is -0.0775. The van der Waals surface area contributed by atoms with Crippen molar-refractivity contribution in [3.05, 3.63) is 42.1 Å². The Morgan fingerprint density at radius 1 is 1.40 bits per heavy atom. The number of amides is 1. The molecule has 8 heteroatoms. The monoisotopic (exact) mass is 339 g/mol. The summed E-state index contributed by atoms with van der Waals surface area (Å²) in [6, 6.07) is 2.13. The summed E-state index contributed by atoms with van der Waals surface area (Å²) in [6.07, 6.45) is 8.92. The fourth-order valence-electron chi connectivity index (χ4n) is 3.37. The average Bonchev–Trinajstić information content (AvgIpc) is 3.19. The van der Waals surface area contributed by atoms with Gasteiger partial charge in [0.25, 0.3) is 5.91 Å². The minimum Gasteiger partial charge on any atom is -0.353 e. The van der Waals surface area contributed by atoms with Crippen LogP contribution < -0.4 is 10.2 Å². The molecule has 0 aromatic carbocycles. The highest BCUT2D eigenvalue weighted by Gasteiger charge is 2.24. The molecule has 1 amide bonds. The van der Waals surface area contributed by atoms with Crippen molar-refractivity contribution in [2.45, 2.75) is 25.8 Å². The maximum Gasteiger partial charge on any atom is 0.254 e. The van der Waals surface area contributed by atoms with E-state index >= 15 is 0 Å². The summed E-state index contributed by atoms with van der Waals surface area (Å²) in [5.74, 6) is 0.842. The van der Waals surface area contributed by atoms with Gasteiger partial charge in [-0.05, 0) is 25.8 Å². The third-order valence-corrected chi connectivity index (χ3v) is 4.51. The van der Waals surface area contributed by atoms with E-state index in [1.807, 2.05) is 23.7 Å². The van der Waals surface area contributed by atoms with Crippen LogP contribution in [0.3, 0.4) is 0 Å². The SMILES string of the molecule is Cc1cc2c(N3CCCC(NC(=O)c4cnn(C)c4)C3)nccn2n1. The molecule has 1 unspecified atom stereocenters. The fraction of sp³-hybridized carbons (Fsp3) is 0.412. The van der Waals surface area contributed by atoms with E-state index in [4.69, 9.17) is 0 Å². The molecule has 1 N–H and O–H groups in total. The molecule has 130 valence electrons. The van der Waals surface area contributed by atoms with E-state index in [-0.39, 0.29) is 11.9 Å². The molecule has 1 saturated heterocycles. The van der Waals surface area contributed by atoms with Crippen molar-refractivity contribution in [2.24, 2.45) is 7.05 Å². The van der Waals surface area contributed by atoms with Gasteiger partial charge >= 0.3 is 0 Å². The third-order valence-electron chi connectivity index (χ3n) is 4.51. The topological polar surface area (TPSA) is 80.4 Å². The number of carbonyl (C=O) groups is 1. The number of piperidine rings is 1. The summed E-state index contributed by atoms with van der Waals surface area (Å²) in [7, 11) is 1.80. The first-order valence-electron chi connectivity index (χ1n) is 8.45. The molecular formula is C17H21N7O. The molecule has 4 heterocycles. The number of anilines is 1. The molecule has 8 nitrogen and oxygen atoms in total. The number of fused-ring (bicyclic) bond motifs is 1. The van der Waals surface area contributed by atoms with Crippen LogP contribution in [-0.4, -0.2) is 49.4 Å². The quantitative estimate of drug-likeness (QED) is 0.775. The van der Waals surface area contributed by atoms with Crippen molar-refractivity contribution in [2.75, 3.05) is 18.0 Å². The molecule has 1 atom stereocenters. The van der Waals surface area contributed by atoms with Gasteiger partial charge in [-0.2, -0.15) is 10.2 Å². The van der Waals surface area contributed by atoms with E-state index in [1.54, 1.807) is 30.3 Å². The van der Waals surface area contributed by atoms with Crippen LogP contribution in [0.25, 0.3) is 5.52 Å². The van der Waals surface area contributed by atoms with Crippen LogP contribution in [0.5, 0.6) is 0 Å². The van der Waals surface area contributed by atoms with Crippen molar-refractivity contribution in [1.29, 1.82) is 0 Å². The highest BCUT2D eigenvalue weighted by molar-refractivity contribution is 5.93. The Labute approximate surface area is 145 Å². The van der Waals surface area contributed by atoms with Crippen molar-refractivity contribution < 1.29 is 4.79 Å². The van der Waals surface area contributed by atoms with Crippen LogP contribution in [0.4, 0.5) is 5.82 Å². The van der Waals surface area contributed by atoms with Gasteiger partial charge in [-0.25, -0.2) is 9.50 Å². The number of nitrogens with one attached hydrogen (secondary N) is 1. The number of hydrogen-bond acceptors (Lipinski definition) is 5. The van der Waals surface area contributed by atoms with Gasteiger partial charge in [-0.15, -0.1) is 0 Å². The Balaban J connectivity index is 1.51. The number of aromatic nitrogens is 5. The van der Waals surface area contributed by atoms with Crippen molar-refractivity contribution in [1.82, 2.24) is 29.7 Å². The van der Waals surface area contributed by atoms with Crippen LogP contribution in [0.1, 0.15) is 28.9 Å². The average molecular weight is 339 g/mol. The van der Waals surface area contributed by atoms with E-state index in [2.05, 4.69) is 25.4 Å². The lowest BCUT2D eigenvalue weighted by Crippen LogP contribution is -2.48. The lowest BCUT2D eigenvalue weighted by atomic mass is 10.1. The van der Waals surface area contributed by atoms with Crippen LogP contribution in [0.15, 0.2) is 30.9 Å². The largest absolute Gasteiger partial charge is 0.353 e. The van der Waals surface area contributed by atoms with Crippen LogP contribution in [0.2, 0.25) is 0 Å². The standard InChI is InChI=1S/C17H21N7O/c1-12-8-15-16(18-5-7-24(15)21-12)23-6-3-4-14(11-23)20-17(25)13-9-19-22(2)10-13/h5,7-10,14H,3-4,6,11H2,1-2H3,(H,20,25). The summed E-state index contributed by atoms with van der Waals surface area (Å²) in [6.45, 7) is 3.64. The number of aryl methyl sites for hydroxylation is 2. The second-order valence-electron chi connectivity index (χ2n) is 6.53. The zero-order valence-electron chi connectivity index (χ0n) is 14.4. The molecule has 1 aliphatic rings. The van der Waals surface area contributed by atoms with Crippen molar-refractivity contribution in [3.8, 4) is 0 Å². The third kappa shape index (κ3) is 3.07. The summed E-state index contributed by atoms with van der Waals surface area (Å²) in [4.78, 5) is 19.2. The summed E-state index contributed by atoms with van der Waals surface area (Å²) in [5.41, 5.74) is 2.55. The zero-order valence-corrected chi connectivity index (χ0v) is 14.4. The zero-order chi connectivity index (χ0) is 17.4. The molecule has 0 bridgehead atoms. The highest BCUT2D eigenvalue weighted by Crippen LogP contribution is 2.23. The molecule has 1 fully saturated rings. The predicted octanol–water partition coefficient (Wildman–Crippen LogP) is 1.17. The molecule has 3 aromatic heterocycles. The van der Waals surface area contributed by atoms with Gasteiger partial charge in [0.05, 0.1) is 17.5 Å². The summed E-state index contributed by atoms with van der Waals surface area (Å²) < 4.78 is 3.49. The number of nitrogens with zero attached hydrogens (tertiary/aromatic N) is 6. The van der Waals surface area contributed by atoms with Crippen molar-refractivity contribution >= 4 is 17.2 Å². The minimum absolute atomic E-state index is 0.0775. The van der Waals surface area contributed by atoms with E-state index in [0.717, 1.165) is 43.0 Å². The van der Waals surface area contributed by atoms with Gasteiger partial charge in [0, 0.05) is 44.8 Å². The highest BCUT2D eigenvalue weighted by atomic mass is 16.1. The lowest BCUT2D eigenvalue weighted by molar-refractivity contribution is 0.0933. The van der Waals surface area contributed by atoms with Crippen LogP contribution in [0, 0.1) is 6.92 Å². The lowest BCUT2D eigenvalue weighted by Gasteiger charge is -2.34. The van der Waals surface area contributed by atoms with E-state index in [0.29, 0.717) is 5.56 Å². The normalized spacial score (nSPS) is 17.8. The van der Waals surface area contributed by atoms with Crippen molar-refractivity contribution in [3.63, 3.8) is 0 Å². The fourth-order valence-corrected chi connectivity index (χ4v) is 3.37. The van der Waals surface area contributed by atoms with Gasteiger partial charge in [0.1, 0.15) is 5.52 Å². The molecule has 4 rings (SSSR count). The molecule has 0 saturated carbocycles. The maximum atomic E-state index is 12.4. The molecule has 25 heavy (non-hydrogen) atoms. The maximum absolute atomic E-state index is 12.4. The van der Waals surface area contributed by atoms with Crippen LogP contribution >= 0.6 is 0 Å². The second-order valence-corrected chi connectivity index (χ2v) is 6.53. The summed E-state index contributed by atoms with van der Waals surface area (Å²) in [5, 5.41) is 11.6. The summed E-state index contributed by atoms with van der Waals surface area (Å²) >= 11 is 0. The second kappa shape index (κ2) is 6.19. The van der Waals surface area contributed by atoms with E-state index < -0.39 is 0 Å². The number of hydrogen-bond donors (Lipinski definition) is 1. The first-order chi connectivity index (χ1) is 12.1. The molecule has 0 radical (unpaired) electrons. The van der Waals surface area contributed by atoms with Gasteiger partial charge < -0.3 is 10.2 Å². The molecule has 0 aliphatic carbocycles. The first kappa shape index (κ1) is 15.6. The Bertz CT molecular complexity index is 913. The van der Waals surface area contributed by atoms with Gasteiger partial charge in [-0.1, -0.05) is 0 Å². The molecular weight excluding hydrogens is 318 g/mol. The Hall–Kier alpha value is -2.90. The Morgan fingerprint density at radius 3 is 3.08 bits per heavy atom. The van der Waals surface area contributed by atoms with E-state index in [9.17, 15) is 4.79 Å². The smallest absolute Gasteiger partial charge is 0.254 e. The molecule has 0 spiro atoms. The van der Waals surface area contributed by atoms with E-state index in [1.165, 1.54) is 0 Å². The van der Waals surface area contributed by atoms with Crippen LogP contribution in [-0.2, 0) is 7.05 Å². The number of carbonyl (C=O) groups excluding carboxylic acids is 1.